The Morgan fingerprint density at radius 1 is 0.975 bits per heavy atom. The van der Waals surface area contributed by atoms with Crippen LogP contribution in [0.25, 0.3) is 17.5 Å². The number of methoxy groups -OCH3 is 2. The van der Waals surface area contributed by atoms with Crippen molar-refractivity contribution in [3.63, 3.8) is 0 Å². The molecule has 0 saturated heterocycles. The van der Waals surface area contributed by atoms with Crippen LogP contribution in [-0.4, -0.2) is 42.8 Å². The van der Waals surface area contributed by atoms with Crippen LogP contribution in [0.5, 0.6) is 0 Å². The van der Waals surface area contributed by atoms with E-state index in [1.807, 2.05) is 0 Å². The number of hydrogen-bond acceptors (Lipinski definition) is 10. The molecule has 1 unspecified atom stereocenters. The van der Waals surface area contributed by atoms with Gasteiger partial charge in [0.15, 0.2) is 0 Å². The molecule has 0 radical (unpaired) electrons. The van der Waals surface area contributed by atoms with Crippen molar-refractivity contribution in [1.82, 2.24) is 4.57 Å². The van der Waals surface area contributed by atoms with E-state index in [9.17, 15) is 24.4 Å². The summed E-state index contributed by atoms with van der Waals surface area (Å²) in [6.45, 7) is 3.38. The highest BCUT2D eigenvalue weighted by Crippen LogP contribution is 2.37. The van der Waals surface area contributed by atoms with Crippen LogP contribution in [0.3, 0.4) is 0 Å². The predicted molar refractivity (Wildman–Crippen MR) is 147 cm³/mol. The van der Waals surface area contributed by atoms with Crippen LogP contribution in [0.1, 0.15) is 51.6 Å². The number of benzene rings is 2. The van der Waals surface area contributed by atoms with Gasteiger partial charge in [0, 0.05) is 0 Å². The normalized spacial score (nSPS) is 14.9. The molecule has 0 amide bonds. The summed E-state index contributed by atoms with van der Waals surface area (Å²) >= 11 is 1.03. The lowest BCUT2D eigenvalue weighted by Crippen LogP contribution is -2.40. The Balaban J connectivity index is 1.98. The molecule has 3 aromatic rings. The second kappa shape index (κ2) is 11.4. The molecule has 1 aliphatic heterocycles. The van der Waals surface area contributed by atoms with Crippen molar-refractivity contribution < 1.29 is 28.6 Å². The molecule has 2 heterocycles. The molecular weight excluding hydrogens is 534 g/mol. The Hall–Kier alpha value is -4.95. The molecule has 1 atom stereocenters. The maximum atomic E-state index is 13.5. The highest BCUT2D eigenvalue weighted by atomic mass is 32.1. The topological polar surface area (TPSA) is 151 Å². The highest BCUT2D eigenvalue weighted by molar-refractivity contribution is 7.07. The van der Waals surface area contributed by atoms with Crippen LogP contribution in [-0.2, 0) is 19.0 Å². The van der Waals surface area contributed by atoms with E-state index in [2.05, 4.69) is 6.07 Å². The number of esters is 3. The van der Waals surface area contributed by atoms with E-state index >= 15 is 0 Å². The fourth-order valence-corrected chi connectivity index (χ4v) is 5.44. The minimum Gasteiger partial charge on any atom is -0.465 e. The van der Waals surface area contributed by atoms with E-state index in [1.54, 1.807) is 56.3 Å². The molecule has 10 nitrogen and oxygen atoms in total. The van der Waals surface area contributed by atoms with Gasteiger partial charge in [-0.3, -0.25) is 9.36 Å². The van der Waals surface area contributed by atoms with Gasteiger partial charge in [0.1, 0.15) is 10.5 Å². The molecule has 0 aliphatic carbocycles. The summed E-state index contributed by atoms with van der Waals surface area (Å²) in [5.74, 6) is -2.80. The SMILES string of the molecule is COC(=O)c1ccc(C=c2sc3n(c2=O)C(N)=C(C#N)C(c2ccc(C(=O)OC)cc2)C=3C(=O)OC(C)C)cc1. The summed E-state index contributed by atoms with van der Waals surface area (Å²) < 4.78 is 16.6. The van der Waals surface area contributed by atoms with Gasteiger partial charge in [-0.25, -0.2) is 14.4 Å². The van der Waals surface area contributed by atoms with Crippen molar-refractivity contribution in [3.05, 3.63) is 95.9 Å². The number of nitrogens with zero attached hydrogens (tertiary/aromatic N) is 2. The van der Waals surface area contributed by atoms with Crippen molar-refractivity contribution in [2.24, 2.45) is 5.73 Å². The molecular formula is C29H25N3O7S. The lowest BCUT2D eigenvalue weighted by Gasteiger charge is -2.25. The Morgan fingerprint density at radius 2 is 1.52 bits per heavy atom. The zero-order chi connectivity index (χ0) is 29.1. The van der Waals surface area contributed by atoms with Crippen molar-refractivity contribution in [1.29, 1.82) is 5.26 Å². The number of carbonyl (C=O) groups excluding carboxylic acids is 3. The van der Waals surface area contributed by atoms with Gasteiger partial charge in [-0.1, -0.05) is 24.3 Å². The number of aromatic nitrogens is 1. The van der Waals surface area contributed by atoms with Gasteiger partial charge >= 0.3 is 17.9 Å². The minimum absolute atomic E-state index is 0.0112. The number of allylic oxidation sites excluding steroid dienone is 1. The van der Waals surface area contributed by atoms with Crippen LogP contribution in [0.4, 0.5) is 0 Å². The standard InChI is InChI=1S/C29H25N3O7S/c1-15(2)39-29(36)23-22(17-9-11-19(12-10-17)28(35)38-4)20(14-30)24(31)32-25(33)21(40-26(23)32)13-16-5-7-18(8-6-16)27(34)37-3/h5-13,15,22H,31H2,1-4H3. The first-order chi connectivity index (χ1) is 19.1. The Bertz CT molecular complexity index is 1760. The first-order valence-electron chi connectivity index (χ1n) is 12.1. The van der Waals surface area contributed by atoms with Crippen LogP contribution >= 0.6 is 11.3 Å². The third kappa shape index (κ3) is 5.17. The fraction of sp³-hybridized carbons (Fsp3) is 0.207. The first-order valence-corrected chi connectivity index (χ1v) is 12.9. The van der Waals surface area contributed by atoms with Crippen LogP contribution < -0.4 is 20.5 Å². The second-order valence-electron chi connectivity index (χ2n) is 9.00. The van der Waals surface area contributed by atoms with Gasteiger partial charge in [-0.2, -0.15) is 5.26 Å². The summed E-state index contributed by atoms with van der Waals surface area (Å²) in [7, 11) is 2.55. The average Bonchev–Trinajstić information content (AvgIpc) is 3.27. The smallest absolute Gasteiger partial charge is 0.338 e. The largest absolute Gasteiger partial charge is 0.465 e. The van der Waals surface area contributed by atoms with E-state index in [0.29, 0.717) is 16.7 Å². The van der Waals surface area contributed by atoms with Gasteiger partial charge in [-0.15, -0.1) is 11.3 Å². The number of hydrogen-bond donors (Lipinski definition) is 1. The molecule has 1 aliphatic rings. The fourth-order valence-electron chi connectivity index (χ4n) is 4.27. The highest BCUT2D eigenvalue weighted by Gasteiger charge is 2.36. The first kappa shape index (κ1) is 28.1. The number of carbonyl (C=O) groups is 3. The van der Waals surface area contributed by atoms with Crippen molar-refractivity contribution >= 4 is 46.7 Å². The molecule has 2 aromatic carbocycles. The molecule has 0 spiro atoms. The predicted octanol–water partition coefficient (Wildman–Crippen LogP) is 1.86. The summed E-state index contributed by atoms with van der Waals surface area (Å²) in [5.41, 5.74) is 7.69. The van der Waals surface area contributed by atoms with Crippen LogP contribution in [0, 0.1) is 11.3 Å². The van der Waals surface area contributed by atoms with Gasteiger partial charge < -0.3 is 19.9 Å². The van der Waals surface area contributed by atoms with E-state index in [0.717, 1.165) is 15.9 Å². The Labute approximate surface area is 232 Å². The van der Waals surface area contributed by atoms with Crippen molar-refractivity contribution in [3.8, 4) is 6.07 Å². The van der Waals surface area contributed by atoms with Gasteiger partial charge in [0.25, 0.3) is 5.56 Å². The maximum Gasteiger partial charge on any atom is 0.338 e. The molecule has 204 valence electrons. The van der Waals surface area contributed by atoms with E-state index in [1.165, 1.54) is 26.4 Å². The zero-order valence-electron chi connectivity index (χ0n) is 22.1. The quantitative estimate of drug-likeness (QED) is 0.352. The molecule has 4 rings (SSSR count). The minimum atomic E-state index is -0.951. The number of nitrogens with two attached hydrogens (primary N) is 1. The van der Waals surface area contributed by atoms with E-state index in [-0.39, 0.29) is 31.7 Å². The third-order valence-corrected chi connectivity index (χ3v) is 7.23. The molecule has 1 aromatic heterocycles. The molecule has 40 heavy (non-hydrogen) atoms. The number of thiazole rings is 1. The van der Waals surface area contributed by atoms with Gasteiger partial charge in [0.2, 0.25) is 0 Å². The molecule has 2 N–H and O–H groups in total. The maximum absolute atomic E-state index is 13.5. The number of ether oxygens (including phenoxy) is 3. The lowest BCUT2D eigenvalue weighted by atomic mass is 9.83. The number of fused-ring (bicyclic) bond motifs is 1. The lowest BCUT2D eigenvalue weighted by molar-refractivity contribution is -0.140. The average molecular weight is 560 g/mol. The Kier molecular flexibility index (Phi) is 8.02. The van der Waals surface area contributed by atoms with E-state index < -0.39 is 35.5 Å². The molecule has 11 heteroatoms. The molecule has 0 bridgehead atoms. The molecule has 0 fully saturated rings. The molecule has 0 saturated carbocycles. The summed E-state index contributed by atoms with van der Waals surface area (Å²) in [6, 6.07) is 14.7. The number of nitriles is 1. The van der Waals surface area contributed by atoms with Crippen molar-refractivity contribution in [2.75, 3.05) is 14.2 Å². The summed E-state index contributed by atoms with van der Waals surface area (Å²) in [6.07, 6.45) is 1.13. The van der Waals surface area contributed by atoms with Crippen LogP contribution in [0.15, 0.2) is 58.9 Å². The van der Waals surface area contributed by atoms with E-state index in [4.69, 9.17) is 19.9 Å². The third-order valence-electron chi connectivity index (χ3n) is 6.13. The Morgan fingerprint density at radius 3 is 2.02 bits per heavy atom. The summed E-state index contributed by atoms with van der Waals surface area (Å²) in [4.78, 5) is 50.7. The summed E-state index contributed by atoms with van der Waals surface area (Å²) in [5, 5.41) is 10.1. The zero-order valence-corrected chi connectivity index (χ0v) is 22.9. The van der Waals surface area contributed by atoms with Gasteiger partial charge in [0.05, 0.1) is 59.1 Å². The van der Waals surface area contributed by atoms with Gasteiger partial charge in [-0.05, 0) is 55.3 Å². The van der Waals surface area contributed by atoms with Crippen LogP contribution in [0.2, 0.25) is 0 Å². The second-order valence-corrected chi connectivity index (χ2v) is 10.0. The number of rotatable bonds is 6. The monoisotopic (exact) mass is 559 g/mol. The van der Waals surface area contributed by atoms with Crippen molar-refractivity contribution in [2.45, 2.75) is 25.9 Å².